The second-order valence-electron chi connectivity index (χ2n) is 6.23. The van der Waals surface area contributed by atoms with E-state index in [0.717, 1.165) is 31.3 Å². The van der Waals surface area contributed by atoms with Gasteiger partial charge in [-0.3, -0.25) is 9.52 Å². The Morgan fingerprint density at radius 3 is 2.12 bits per heavy atom. The van der Waals surface area contributed by atoms with Gasteiger partial charge in [0.05, 0.1) is 6.26 Å². The van der Waals surface area contributed by atoms with Gasteiger partial charge in [0.15, 0.2) is 0 Å². The molecule has 2 aromatic carbocycles. The Balaban J connectivity index is 1.99. The Bertz CT molecular complexity index is 831. The van der Waals surface area contributed by atoms with E-state index in [-0.39, 0.29) is 5.91 Å². The van der Waals surface area contributed by atoms with Gasteiger partial charge in [-0.1, -0.05) is 13.3 Å². The van der Waals surface area contributed by atoms with E-state index in [1.807, 2.05) is 19.2 Å². The number of benzene rings is 2. The minimum Gasteiger partial charge on any atom is -0.375 e. The van der Waals surface area contributed by atoms with Crippen molar-refractivity contribution in [3.63, 3.8) is 0 Å². The predicted molar refractivity (Wildman–Crippen MR) is 107 cm³/mol. The number of carbonyl (C=O) groups excluding carboxylic acids is 1. The molecule has 0 atom stereocenters. The lowest BCUT2D eigenvalue weighted by Gasteiger charge is -2.19. The van der Waals surface area contributed by atoms with Gasteiger partial charge in [-0.15, -0.1) is 0 Å². The minimum atomic E-state index is -3.31. The molecule has 2 aromatic rings. The van der Waals surface area contributed by atoms with Gasteiger partial charge in [0.1, 0.15) is 0 Å². The lowest BCUT2D eigenvalue weighted by molar-refractivity contribution is 0.102. The van der Waals surface area contributed by atoms with Crippen LogP contribution >= 0.6 is 0 Å². The highest BCUT2D eigenvalue weighted by Gasteiger charge is 2.08. The molecule has 0 saturated heterocycles. The highest BCUT2D eigenvalue weighted by Crippen LogP contribution is 2.18. The molecule has 2 rings (SSSR count). The topological polar surface area (TPSA) is 78.5 Å². The Hall–Kier alpha value is -2.54. The van der Waals surface area contributed by atoms with Crippen molar-refractivity contribution in [3.05, 3.63) is 54.1 Å². The van der Waals surface area contributed by atoms with Crippen LogP contribution in [0.1, 0.15) is 30.1 Å². The van der Waals surface area contributed by atoms with Gasteiger partial charge in [0.25, 0.3) is 5.91 Å². The van der Waals surface area contributed by atoms with Crippen molar-refractivity contribution >= 4 is 33.0 Å². The highest BCUT2D eigenvalue weighted by molar-refractivity contribution is 7.92. The van der Waals surface area contributed by atoms with E-state index in [2.05, 4.69) is 21.9 Å². The molecule has 0 aliphatic carbocycles. The van der Waals surface area contributed by atoms with E-state index >= 15 is 0 Å². The van der Waals surface area contributed by atoms with Crippen molar-refractivity contribution in [2.45, 2.75) is 19.8 Å². The number of amides is 1. The van der Waals surface area contributed by atoms with Crippen LogP contribution in [0.25, 0.3) is 0 Å². The maximum atomic E-state index is 12.3. The number of rotatable bonds is 8. The lowest BCUT2D eigenvalue weighted by Crippen LogP contribution is -2.18. The summed E-state index contributed by atoms with van der Waals surface area (Å²) >= 11 is 0. The molecule has 140 valence electrons. The molecule has 0 bridgehead atoms. The van der Waals surface area contributed by atoms with Crippen molar-refractivity contribution < 1.29 is 13.2 Å². The quantitative estimate of drug-likeness (QED) is 0.740. The Labute approximate surface area is 155 Å². The SMILES string of the molecule is CCCCN(C)c1ccc(C(=O)Nc2ccc(NS(C)(=O)=O)cc2)cc1. The van der Waals surface area contributed by atoms with Crippen LogP contribution in [-0.2, 0) is 10.0 Å². The summed E-state index contributed by atoms with van der Waals surface area (Å²) in [6, 6.07) is 14.0. The van der Waals surface area contributed by atoms with Crippen LogP contribution in [-0.4, -0.2) is 34.2 Å². The van der Waals surface area contributed by atoms with Crippen LogP contribution in [0.2, 0.25) is 0 Å². The molecule has 0 unspecified atom stereocenters. The molecular weight excluding hydrogens is 350 g/mol. The Morgan fingerprint density at radius 1 is 1.00 bits per heavy atom. The molecule has 0 heterocycles. The zero-order valence-electron chi connectivity index (χ0n) is 15.3. The van der Waals surface area contributed by atoms with Gasteiger partial charge in [0, 0.05) is 36.2 Å². The van der Waals surface area contributed by atoms with Crippen molar-refractivity contribution in [2.24, 2.45) is 0 Å². The summed E-state index contributed by atoms with van der Waals surface area (Å²) in [6.45, 7) is 3.14. The molecule has 2 N–H and O–H groups in total. The van der Waals surface area contributed by atoms with Gasteiger partial charge in [-0.2, -0.15) is 0 Å². The minimum absolute atomic E-state index is 0.211. The number of sulfonamides is 1. The molecule has 0 saturated carbocycles. The predicted octanol–water partition coefficient (Wildman–Crippen LogP) is 3.55. The molecule has 0 aliphatic rings. The van der Waals surface area contributed by atoms with Gasteiger partial charge in [-0.25, -0.2) is 8.42 Å². The van der Waals surface area contributed by atoms with E-state index in [4.69, 9.17) is 0 Å². The summed E-state index contributed by atoms with van der Waals surface area (Å²) in [7, 11) is -1.28. The zero-order chi connectivity index (χ0) is 19.2. The van der Waals surface area contributed by atoms with Crippen molar-refractivity contribution in [2.75, 3.05) is 34.8 Å². The molecule has 6 nitrogen and oxygen atoms in total. The first-order valence-electron chi connectivity index (χ1n) is 8.49. The maximum absolute atomic E-state index is 12.3. The second-order valence-corrected chi connectivity index (χ2v) is 7.98. The molecule has 7 heteroatoms. The summed E-state index contributed by atoms with van der Waals surface area (Å²) in [5.41, 5.74) is 2.69. The maximum Gasteiger partial charge on any atom is 0.255 e. The van der Waals surface area contributed by atoms with Crippen LogP contribution in [0.5, 0.6) is 0 Å². The Kier molecular flexibility index (Phi) is 6.63. The molecule has 26 heavy (non-hydrogen) atoms. The van der Waals surface area contributed by atoms with Crippen molar-refractivity contribution in [3.8, 4) is 0 Å². The van der Waals surface area contributed by atoms with Gasteiger partial charge in [0.2, 0.25) is 10.0 Å². The number of unbranched alkanes of at least 4 members (excludes halogenated alkanes) is 1. The second kappa shape index (κ2) is 8.71. The molecule has 0 fully saturated rings. The lowest BCUT2D eigenvalue weighted by atomic mass is 10.1. The first kappa shape index (κ1) is 19.8. The van der Waals surface area contributed by atoms with Crippen LogP contribution < -0.4 is 14.9 Å². The van der Waals surface area contributed by atoms with Crippen LogP contribution in [0.4, 0.5) is 17.1 Å². The van der Waals surface area contributed by atoms with Crippen molar-refractivity contribution in [1.82, 2.24) is 0 Å². The summed E-state index contributed by atoms with van der Waals surface area (Å²) < 4.78 is 24.8. The summed E-state index contributed by atoms with van der Waals surface area (Å²) in [5, 5.41) is 2.80. The number of nitrogens with one attached hydrogen (secondary N) is 2. The first-order chi connectivity index (χ1) is 12.3. The molecule has 0 aliphatic heterocycles. The molecule has 0 spiro atoms. The van der Waals surface area contributed by atoms with Crippen LogP contribution in [0, 0.1) is 0 Å². The number of hydrogen-bond acceptors (Lipinski definition) is 4. The smallest absolute Gasteiger partial charge is 0.255 e. The number of carbonyl (C=O) groups is 1. The van der Waals surface area contributed by atoms with Crippen LogP contribution in [0.15, 0.2) is 48.5 Å². The monoisotopic (exact) mass is 375 g/mol. The average Bonchev–Trinajstić information content (AvgIpc) is 2.60. The fraction of sp³-hybridized carbons (Fsp3) is 0.316. The van der Waals surface area contributed by atoms with Gasteiger partial charge < -0.3 is 10.2 Å². The fourth-order valence-electron chi connectivity index (χ4n) is 2.43. The normalized spacial score (nSPS) is 11.0. The third-order valence-corrected chi connectivity index (χ3v) is 4.47. The van der Waals surface area contributed by atoms with E-state index < -0.39 is 10.0 Å². The summed E-state index contributed by atoms with van der Waals surface area (Å²) in [4.78, 5) is 14.5. The van der Waals surface area contributed by atoms with E-state index in [9.17, 15) is 13.2 Å². The summed E-state index contributed by atoms with van der Waals surface area (Å²) in [5.74, 6) is -0.211. The first-order valence-corrected chi connectivity index (χ1v) is 10.4. The fourth-order valence-corrected chi connectivity index (χ4v) is 2.99. The van der Waals surface area contributed by atoms with E-state index in [0.29, 0.717) is 16.9 Å². The third-order valence-electron chi connectivity index (χ3n) is 3.86. The van der Waals surface area contributed by atoms with Gasteiger partial charge >= 0.3 is 0 Å². The largest absolute Gasteiger partial charge is 0.375 e. The van der Waals surface area contributed by atoms with E-state index in [1.54, 1.807) is 36.4 Å². The number of anilines is 3. The molecule has 0 radical (unpaired) electrons. The Morgan fingerprint density at radius 2 is 1.58 bits per heavy atom. The zero-order valence-corrected chi connectivity index (χ0v) is 16.1. The van der Waals surface area contributed by atoms with E-state index in [1.165, 1.54) is 0 Å². The number of nitrogens with zero attached hydrogens (tertiary/aromatic N) is 1. The van der Waals surface area contributed by atoms with Crippen LogP contribution in [0.3, 0.4) is 0 Å². The average molecular weight is 375 g/mol. The molecular formula is C19H25N3O3S. The standard InChI is InChI=1S/C19H25N3O3S/c1-4-5-14-22(2)18-12-6-15(7-13-18)19(23)20-16-8-10-17(11-9-16)21-26(3,24)25/h6-13,21H,4-5,14H2,1-3H3,(H,20,23). The number of hydrogen-bond donors (Lipinski definition) is 2. The molecule has 1 amide bonds. The third kappa shape index (κ3) is 6.07. The summed E-state index contributed by atoms with van der Waals surface area (Å²) in [6.07, 6.45) is 3.36. The van der Waals surface area contributed by atoms with Crippen molar-refractivity contribution in [1.29, 1.82) is 0 Å². The van der Waals surface area contributed by atoms with Gasteiger partial charge in [-0.05, 0) is 55.0 Å². The highest BCUT2D eigenvalue weighted by atomic mass is 32.2. The molecule has 0 aromatic heterocycles.